The van der Waals surface area contributed by atoms with Crippen LogP contribution in [0.25, 0.3) is 0 Å². The zero-order valence-corrected chi connectivity index (χ0v) is 13.9. The number of benzene rings is 1. The highest BCUT2D eigenvalue weighted by molar-refractivity contribution is 14.1. The molecule has 0 atom stereocenters. The predicted octanol–water partition coefficient (Wildman–Crippen LogP) is 3.71. The van der Waals surface area contributed by atoms with Gasteiger partial charge >= 0.3 is 6.09 Å². The number of hydrogen-bond donors (Lipinski definition) is 1. The van der Waals surface area contributed by atoms with Gasteiger partial charge in [-0.3, -0.25) is 0 Å². The maximum Gasteiger partial charge on any atom is 0.407 e. The lowest BCUT2D eigenvalue weighted by molar-refractivity contribution is 0.0523. The molecule has 1 amide bonds. The number of rotatable bonds is 4. The molecule has 0 saturated carbocycles. The number of hydrogen-bond acceptors (Lipinski definition) is 3. The lowest BCUT2D eigenvalue weighted by Gasteiger charge is -2.19. The molecule has 0 radical (unpaired) electrons. The van der Waals surface area contributed by atoms with Crippen molar-refractivity contribution in [3.05, 3.63) is 27.3 Å². The van der Waals surface area contributed by atoms with Crippen LogP contribution in [0, 0.1) is 3.57 Å². The van der Waals surface area contributed by atoms with Crippen LogP contribution < -0.4 is 10.1 Å². The first kappa shape index (κ1) is 16.1. The fourth-order valence-electron chi connectivity index (χ4n) is 1.42. The van der Waals surface area contributed by atoms with Crippen LogP contribution in [0.3, 0.4) is 0 Å². The van der Waals surface area contributed by atoms with Crippen LogP contribution in [0.15, 0.2) is 18.2 Å². The molecule has 0 aliphatic rings. The molecular weight excluding hydrogens is 357 g/mol. The highest BCUT2D eigenvalue weighted by Gasteiger charge is 2.15. The Kier molecular flexibility index (Phi) is 5.90. The molecule has 4 nitrogen and oxygen atoms in total. The summed E-state index contributed by atoms with van der Waals surface area (Å²) in [5, 5.41) is 2.73. The van der Waals surface area contributed by atoms with Gasteiger partial charge in [-0.25, -0.2) is 4.79 Å². The van der Waals surface area contributed by atoms with Crippen molar-refractivity contribution < 1.29 is 14.3 Å². The number of carbonyl (C=O) groups is 1. The molecule has 19 heavy (non-hydrogen) atoms. The van der Waals surface area contributed by atoms with E-state index >= 15 is 0 Å². The molecule has 0 bridgehead atoms. The maximum absolute atomic E-state index is 11.5. The monoisotopic (exact) mass is 377 g/mol. The van der Waals surface area contributed by atoms with Crippen molar-refractivity contribution in [2.75, 3.05) is 6.61 Å². The quantitative estimate of drug-likeness (QED) is 0.814. The van der Waals surface area contributed by atoms with E-state index in [9.17, 15) is 4.79 Å². The van der Waals surface area contributed by atoms with Crippen molar-refractivity contribution >= 4 is 28.7 Å². The zero-order chi connectivity index (χ0) is 14.5. The van der Waals surface area contributed by atoms with E-state index in [1.807, 2.05) is 45.9 Å². The summed E-state index contributed by atoms with van der Waals surface area (Å²) in [5.41, 5.74) is 0.538. The summed E-state index contributed by atoms with van der Waals surface area (Å²) in [4.78, 5) is 11.5. The van der Waals surface area contributed by atoms with Crippen molar-refractivity contribution in [3.8, 4) is 5.75 Å². The van der Waals surface area contributed by atoms with Crippen LogP contribution in [0.1, 0.15) is 33.3 Å². The summed E-state index contributed by atoms with van der Waals surface area (Å²) in [5.74, 6) is 0.865. The molecule has 0 aliphatic heterocycles. The Morgan fingerprint density at radius 1 is 1.37 bits per heavy atom. The minimum Gasteiger partial charge on any atom is -0.493 e. The summed E-state index contributed by atoms with van der Waals surface area (Å²) in [7, 11) is 0. The van der Waals surface area contributed by atoms with Crippen LogP contribution in [-0.4, -0.2) is 18.3 Å². The second kappa shape index (κ2) is 6.98. The van der Waals surface area contributed by atoms with Gasteiger partial charge in [-0.05, 0) is 68.0 Å². The molecule has 0 aliphatic carbocycles. The fraction of sp³-hybridized carbons (Fsp3) is 0.500. The standard InChI is InChI=1S/C14H20INO3/c1-5-18-12-7-6-10(8-11(12)15)9-16-13(17)19-14(2,3)4/h6-8H,5,9H2,1-4H3,(H,16,17). The van der Waals surface area contributed by atoms with Gasteiger partial charge in [-0.15, -0.1) is 0 Å². The first-order valence-corrected chi connectivity index (χ1v) is 7.28. The average Bonchev–Trinajstić information content (AvgIpc) is 2.27. The minimum absolute atomic E-state index is 0.406. The molecule has 106 valence electrons. The van der Waals surface area contributed by atoms with Crippen molar-refractivity contribution in [2.45, 2.75) is 39.8 Å². The lowest BCUT2D eigenvalue weighted by atomic mass is 10.2. The van der Waals surface area contributed by atoms with Crippen LogP contribution in [0.5, 0.6) is 5.75 Å². The molecule has 1 N–H and O–H groups in total. The van der Waals surface area contributed by atoms with E-state index in [0.717, 1.165) is 14.9 Å². The third-order valence-electron chi connectivity index (χ3n) is 2.13. The third-order valence-corrected chi connectivity index (χ3v) is 2.97. The molecular formula is C14H20INO3. The second-order valence-electron chi connectivity index (χ2n) is 5.05. The van der Waals surface area contributed by atoms with E-state index < -0.39 is 11.7 Å². The van der Waals surface area contributed by atoms with E-state index in [2.05, 4.69) is 27.9 Å². The minimum atomic E-state index is -0.475. The molecule has 1 aromatic rings. The zero-order valence-electron chi connectivity index (χ0n) is 11.7. The average molecular weight is 377 g/mol. The van der Waals surface area contributed by atoms with E-state index in [0.29, 0.717) is 13.2 Å². The van der Waals surface area contributed by atoms with Gasteiger partial charge in [0.05, 0.1) is 10.2 Å². The summed E-state index contributed by atoms with van der Waals surface area (Å²) in [6.45, 7) is 8.56. The number of nitrogens with one attached hydrogen (secondary N) is 1. The van der Waals surface area contributed by atoms with Gasteiger partial charge in [0, 0.05) is 6.54 Å². The Hall–Kier alpha value is -0.980. The van der Waals surface area contributed by atoms with Gasteiger partial charge in [-0.1, -0.05) is 6.07 Å². The van der Waals surface area contributed by atoms with Crippen LogP contribution >= 0.6 is 22.6 Å². The van der Waals surface area contributed by atoms with Crippen molar-refractivity contribution in [1.29, 1.82) is 0 Å². The lowest BCUT2D eigenvalue weighted by Crippen LogP contribution is -2.32. The Morgan fingerprint density at radius 3 is 2.58 bits per heavy atom. The number of halogens is 1. The number of alkyl carbamates (subject to hydrolysis) is 1. The smallest absolute Gasteiger partial charge is 0.407 e. The molecule has 0 unspecified atom stereocenters. The number of amides is 1. The van der Waals surface area contributed by atoms with Gasteiger partial charge in [0.1, 0.15) is 11.4 Å². The van der Waals surface area contributed by atoms with Crippen molar-refractivity contribution in [3.63, 3.8) is 0 Å². The molecule has 1 aromatic carbocycles. The first-order chi connectivity index (χ1) is 8.81. The Balaban J connectivity index is 2.54. The van der Waals surface area contributed by atoms with E-state index in [1.54, 1.807) is 0 Å². The van der Waals surface area contributed by atoms with Gasteiger partial charge in [0.15, 0.2) is 0 Å². The van der Waals surface area contributed by atoms with Crippen LogP contribution in [-0.2, 0) is 11.3 Å². The third kappa shape index (κ3) is 6.13. The molecule has 5 heteroatoms. The molecule has 0 heterocycles. The summed E-state index contributed by atoms with van der Waals surface area (Å²) in [6, 6.07) is 5.84. The van der Waals surface area contributed by atoms with Gasteiger partial charge in [0.25, 0.3) is 0 Å². The van der Waals surface area contributed by atoms with Gasteiger partial charge < -0.3 is 14.8 Å². The topological polar surface area (TPSA) is 47.6 Å². The van der Waals surface area contributed by atoms with Crippen molar-refractivity contribution in [1.82, 2.24) is 5.32 Å². The second-order valence-corrected chi connectivity index (χ2v) is 6.22. The Bertz CT molecular complexity index is 441. The van der Waals surface area contributed by atoms with E-state index in [-0.39, 0.29) is 0 Å². The molecule has 0 spiro atoms. The fourth-order valence-corrected chi connectivity index (χ4v) is 2.15. The highest BCUT2D eigenvalue weighted by atomic mass is 127. The van der Waals surface area contributed by atoms with Crippen LogP contribution in [0.2, 0.25) is 0 Å². The normalized spacial score (nSPS) is 11.0. The molecule has 0 fully saturated rings. The molecule has 0 aromatic heterocycles. The maximum atomic E-state index is 11.5. The Labute approximate surface area is 128 Å². The largest absolute Gasteiger partial charge is 0.493 e. The van der Waals surface area contributed by atoms with Crippen LogP contribution in [0.4, 0.5) is 4.79 Å². The van der Waals surface area contributed by atoms with Crippen molar-refractivity contribution in [2.24, 2.45) is 0 Å². The highest BCUT2D eigenvalue weighted by Crippen LogP contribution is 2.22. The van der Waals surface area contributed by atoms with E-state index in [4.69, 9.17) is 9.47 Å². The van der Waals surface area contributed by atoms with Gasteiger partial charge in [0.2, 0.25) is 0 Å². The predicted molar refractivity (Wildman–Crippen MR) is 83.4 cm³/mol. The van der Waals surface area contributed by atoms with E-state index in [1.165, 1.54) is 0 Å². The number of ether oxygens (including phenoxy) is 2. The molecule has 0 saturated heterocycles. The number of carbonyl (C=O) groups excluding carboxylic acids is 1. The molecule has 1 rings (SSSR count). The first-order valence-electron chi connectivity index (χ1n) is 6.20. The summed E-state index contributed by atoms with van der Waals surface area (Å²) in [6.07, 6.45) is -0.406. The summed E-state index contributed by atoms with van der Waals surface area (Å²) >= 11 is 2.22. The Morgan fingerprint density at radius 2 is 2.05 bits per heavy atom. The van der Waals surface area contributed by atoms with Gasteiger partial charge in [-0.2, -0.15) is 0 Å². The summed E-state index contributed by atoms with van der Waals surface area (Å²) < 4.78 is 11.7. The SMILES string of the molecule is CCOc1ccc(CNC(=O)OC(C)(C)C)cc1I.